The first-order valence-electron chi connectivity index (χ1n) is 6.78. The third kappa shape index (κ3) is 3.77. The van der Waals surface area contributed by atoms with E-state index in [0.717, 1.165) is 25.7 Å². The summed E-state index contributed by atoms with van der Waals surface area (Å²) in [5.74, 6) is -0.157. The van der Waals surface area contributed by atoms with Gasteiger partial charge in [-0.3, -0.25) is 4.79 Å². The molecule has 2 rings (SSSR count). The molecule has 0 radical (unpaired) electrons. The molecule has 3 nitrogen and oxygen atoms in total. The highest BCUT2D eigenvalue weighted by Gasteiger charge is 2.21. The summed E-state index contributed by atoms with van der Waals surface area (Å²) in [6, 6.07) is 4.17. The summed E-state index contributed by atoms with van der Waals surface area (Å²) in [6.45, 7) is 2.30. The topological polar surface area (TPSA) is 49.3 Å². The normalized spacial score (nSPS) is 23.1. The Balaban J connectivity index is 1.90. The predicted octanol–water partition coefficient (Wildman–Crippen LogP) is 2.42. The number of aliphatic hydroxyl groups excluding tert-OH is 1. The lowest BCUT2D eigenvalue weighted by Crippen LogP contribution is -2.33. The van der Waals surface area contributed by atoms with Gasteiger partial charge in [-0.25, -0.2) is 4.39 Å². The van der Waals surface area contributed by atoms with Crippen molar-refractivity contribution in [1.29, 1.82) is 0 Å². The van der Waals surface area contributed by atoms with Gasteiger partial charge in [-0.15, -0.1) is 0 Å². The Kier molecular flexibility index (Phi) is 4.53. The largest absolute Gasteiger partial charge is 0.393 e. The molecule has 1 saturated carbocycles. The van der Waals surface area contributed by atoms with Gasteiger partial charge in [-0.2, -0.15) is 0 Å². The molecule has 0 aromatic heterocycles. The molecule has 19 heavy (non-hydrogen) atoms. The third-order valence-electron chi connectivity index (χ3n) is 3.74. The molecule has 1 aromatic rings. The molecule has 0 heterocycles. The predicted molar refractivity (Wildman–Crippen MR) is 71.4 cm³/mol. The zero-order chi connectivity index (χ0) is 13.8. The minimum atomic E-state index is -0.329. The van der Waals surface area contributed by atoms with E-state index in [9.17, 15) is 14.3 Å². The molecular formula is C15H20FNO2. The van der Waals surface area contributed by atoms with Gasteiger partial charge in [0.15, 0.2) is 0 Å². The number of hydrogen-bond donors (Lipinski definition) is 2. The van der Waals surface area contributed by atoms with Crippen LogP contribution < -0.4 is 5.32 Å². The summed E-state index contributed by atoms with van der Waals surface area (Å²) < 4.78 is 13.0. The van der Waals surface area contributed by atoms with Gasteiger partial charge in [0, 0.05) is 12.1 Å². The van der Waals surface area contributed by atoms with Crippen LogP contribution in [0.2, 0.25) is 0 Å². The average Bonchev–Trinajstić information content (AvgIpc) is 2.36. The Morgan fingerprint density at radius 3 is 2.95 bits per heavy atom. The Morgan fingerprint density at radius 1 is 1.47 bits per heavy atom. The van der Waals surface area contributed by atoms with Crippen LogP contribution in [-0.2, 0) is 0 Å². The number of amides is 1. The summed E-state index contributed by atoms with van der Waals surface area (Å²) in [4.78, 5) is 12.0. The SMILES string of the molecule is Cc1cc(F)ccc1C(=O)NCC1CCCC(O)C1. The molecule has 1 aliphatic rings. The average molecular weight is 265 g/mol. The Labute approximate surface area is 112 Å². The minimum Gasteiger partial charge on any atom is -0.393 e. The highest BCUT2D eigenvalue weighted by molar-refractivity contribution is 5.95. The summed E-state index contributed by atoms with van der Waals surface area (Å²) in [5, 5.41) is 12.5. The van der Waals surface area contributed by atoms with E-state index in [-0.39, 0.29) is 17.8 Å². The lowest BCUT2D eigenvalue weighted by atomic mass is 9.87. The van der Waals surface area contributed by atoms with Gasteiger partial charge in [0.1, 0.15) is 5.82 Å². The second kappa shape index (κ2) is 6.15. The molecule has 1 fully saturated rings. The van der Waals surface area contributed by atoms with E-state index in [0.29, 0.717) is 23.6 Å². The van der Waals surface area contributed by atoms with Crippen LogP contribution in [0.3, 0.4) is 0 Å². The van der Waals surface area contributed by atoms with Crippen LogP contribution in [0, 0.1) is 18.7 Å². The van der Waals surface area contributed by atoms with Crippen molar-refractivity contribution < 1.29 is 14.3 Å². The molecule has 104 valence electrons. The van der Waals surface area contributed by atoms with E-state index >= 15 is 0 Å². The highest BCUT2D eigenvalue weighted by Crippen LogP contribution is 2.23. The summed E-state index contributed by atoms with van der Waals surface area (Å²) in [6.07, 6.45) is 3.43. The fourth-order valence-electron chi connectivity index (χ4n) is 2.66. The first kappa shape index (κ1) is 14.0. The van der Waals surface area contributed by atoms with Gasteiger partial charge >= 0.3 is 0 Å². The smallest absolute Gasteiger partial charge is 0.251 e. The zero-order valence-corrected chi connectivity index (χ0v) is 11.2. The quantitative estimate of drug-likeness (QED) is 0.881. The van der Waals surface area contributed by atoms with Gasteiger partial charge in [-0.1, -0.05) is 6.42 Å². The number of carbonyl (C=O) groups excluding carboxylic acids is 1. The molecule has 1 amide bonds. The monoisotopic (exact) mass is 265 g/mol. The van der Waals surface area contributed by atoms with E-state index < -0.39 is 0 Å². The van der Waals surface area contributed by atoms with Crippen molar-refractivity contribution in [3.63, 3.8) is 0 Å². The van der Waals surface area contributed by atoms with Crippen LogP contribution in [0.4, 0.5) is 4.39 Å². The Hall–Kier alpha value is -1.42. The highest BCUT2D eigenvalue weighted by atomic mass is 19.1. The van der Waals surface area contributed by atoms with Crippen LogP contribution >= 0.6 is 0 Å². The molecule has 0 spiro atoms. The van der Waals surface area contributed by atoms with Crippen LogP contribution in [0.5, 0.6) is 0 Å². The van der Waals surface area contributed by atoms with Crippen molar-refractivity contribution in [2.24, 2.45) is 5.92 Å². The van der Waals surface area contributed by atoms with Crippen LogP contribution in [0.1, 0.15) is 41.6 Å². The van der Waals surface area contributed by atoms with Crippen molar-refractivity contribution in [3.05, 3.63) is 35.1 Å². The van der Waals surface area contributed by atoms with E-state index in [4.69, 9.17) is 0 Å². The van der Waals surface area contributed by atoms with E-state index in [1.54, 1.807) is 6.92 Å². The lowest BCUT2D eigenvalue weighted by molar-refractivity contribution is 0.0873. The molecule has 0 saturated heterocycles. The summed E-state index contributed by atoms with van der Waals surface area (Å²) in [7, 11) is 0. The molecule has 2 N–H and O–H groups in total. The van der Waals surface area contributed by atoms with Gasteiger partial charge < -0.3 is 10.4 Å². The van der Waals surface area contributed by atoms with Gasteiger partial charge in [0.25, 0.3) is 5.91 Å². The molecule has 1 aliphatic carbocycles. The van der Waals surface area contributed by atoms with Gasteiger partial charge in [-0.05, 0) is 55.9 Å². The van der Waals surface area contributed by atoms with Crippen LogP contribution in [0.25, 0.3) is 0 Å². The number of rotatable bonds is 3. The maximum absolute atomic E-state index is 13.0. The number of hydrogen-bond acceptors (Lipinski definition) is 2. The van der Waals surface area contributed by atoms with E-state index in [1.165, 1.54) is 18.2 Å². The number of nitrogens with one attached hydrogen (secondary N) is 1. The van der Waals surface area contributed by atoms with Crippen molar-refractivity contribution in [2.45, 2.75) is 38.7 Å². The minimum absolute atomic E-state index is 0.169. The first-order valence-corrected chi connectivity index (χ1v) is 6.78. The third-order valence-corrected chi connectivity index (χ3v) is 3.74. The van der Waals surface area contributed by atoms with Crippen LogP contribution in [-0.4, -0.2) is 23.7 Å². The molecule has 4 heteroatoms. The van der Waals surface area contributed by atoms with Crippen molar-refractivity contribution in [3.8, 4) is 0 Å². The number of aryl methyl sites for hydroxylation is 1. The summed E-state index contributed by atoms with van der Waals surface area (Å²) in [5.41, 5.74) is 1.15. The van der Waals surface area contributed by atoms with Crippen molar-refractivity contribution in [2.75, 3.05) is 6.54 Å². The van der Waals surface area contributed by atoms with Gasteiger partial charge in [0.2, 0.25) is 0 Å². The molecule has 0 aliphatic heterocycles. The second-order valence-corrected chi connectivity index (χ2v) is 5.36. The van der Waals surface area contributed by atoms with E-state index in [2.05, 4.69) is 5.32 Å². The van der Waals surface area contributed by atoms with Crippen molar-refractivity contribution in [1.82, 2.24) is 5.32 Å². The lowest BCUT2D eigenvalue weighted by Gasteiger charge is -2.26. The zero-order valence-electron chi connectivity index (χ0n) is 11.2. The number of carbonyl (C=O) groups is 1. The Morgan fingerprint density at radius 2 is 2.26 bits per heavy atom. The maximum atomic E-state index is 13.0. The molecule has 0 bridgehead atoms. The summed E-state index contributed by atoms with van der Waals surface area (Å²) >= 11 is 0. The fraction of sp³-hybridized carbons (Fsp3) is 0.533. The van der Waals surface area contributed by atoms with Gasteiger partial charge in [0.05, 0.1) is 6.10 Å². The molecule has 2 atom stereocenters. The van der Waals surface area contributed by atoms with Crippen molar-refractivity contribution >= 4 is 5.91 Å². The number of halogens is 1. The second-order valence-electron chi connectivity index (χ2n) is 5.36. The standard InChI is InChI=1S/C15H20FNO2/c1-10-7-12(16)5-6-14(10)15(19)17-9-11-3-2-4-13(18)8-11/h5-7,11,13,18H,2-4,8-9H2,1H3,(H,17,19). The number of aliphatic hydroxyl groups is 1. The fourth-order valence-corrected chi connectivity index (χ4v) is 2.66. The Bertz CT molecular complexity index is 461. The van der Waals surface area contributed by atoms with E-state index in [1.807, 2.05) is 0 Å². The maximum Gasteiger partial charge on any atom is 0.251 e. The first-order chi connectivity index (χ1) is 9.06. The molecule has 2 unspecified atom stereocenters. The molecular weight excluding hydrogens is 245 g/mol. The van der Waals surface area contributed by atoms with Crippen LogP contribution in [0.15, 0.2) is 18.2 Å². The molecule has 1 aromatic carbocycles. The number of benzene rings is 1.